The Morgan fingerprint density at radius 1 is 1.18 bits per heavy atom. The number of hydrogen-bond acceptors (Lipinski definition) is 8. The van der Waals surface area contributed by atoms with Crippen LogP contribution in [0.1, 0.15) is 30.8 Å². The molecule has 0 aliphatic rings. The molecule has 3 aromatic rings. The zero-order chi connectivity index (χ0) is 24.0. The first-order valence-electron chi connectivity index (χ1n) is 10.9. The van der Waals surface area contributed by atoms with Crippen LogP contribution in [0.25, 0.3) is 22.8 Å². The normalized spacial score (nSPS) is 12.1. The summed E-state index contributed by atoms with van der Waals surface area (Å²) in [5.74, 6) is 1.42. The molecule has 0 radical (unpaired) electrons. The number of ether oxygens (including phenoxy) is 1. The molecule has 0 saturated carbocycles. The van der Waals surface area contributed by atoms with Gasteiger partial charge in [-0.3, -0.25) is 9.78 Å². The number of benzene rings is 1. The third kappa shape index (κ3) is 6.84. The van der Waals surface area contributed by atoms with Gasteiger partial charge in [-0.05, 0) is 62.1 Å². The highest BCUT2D eigenvalue weighted by molar-refractivity contribution is 5.76. The number of nitrogens with zero attached hydrogens (tertiary/aromatic N) is 3. The summed E-state index contributed by atoms with van der Waals surface area (Å²) in [6, 6.07) is 9.33. The van der Waals surface area contributed by atoms with Crippen molar-refractivity contribution in [1.82, 2.24) is 20.4 Å². The molecule has 2 heterocycles. The first-order chi connectivity index (χ1) is 15.7. The average Bonchev–Trinajstić information content (AvgIpc) is 3.25. The van der Waals surface area contributed by atoms with Crippen LogP contribution in [0.5, 0.6) is 5.75 Å². The molecule has 3 rings (SSSR count). The highest BCUT2D eigenvalue weighted by atomic mass is 16.5. The predicted octanol–water partition coefficient (Wildman–Crippen LogP) is 2.46. The van der Waals surface area contributed by atoms with E-state index in [1.807, 2.05) is 38.1 Å². The molecule has 0 aliphatic carbocycles. The van der Waals surface area contributed by atoms with Gasteiger partial charge in [0.2, 0.25) is 11.7 Å². The number of hydrogen-bond donors (Lipinski definition) is 3. The summed E-state index contributed by atoms with van der Waals surface area (Å²) in [5, 5.41) is 25.1. The second-order valence-electron chi connectivity index (χ2n) is 8.41. The summed E-state index contributed by atoms with van der Waals surface area (Å²) < 4.78 is 11.1. The Kier molecular flexibility index (Phi) is 8.13. The lowest BCUT2D eigenvalue weighted by Gasteiger charge is -2.13. The molecule has 0 bridgehead atoms. The number of carbonyl (C=O) groups excluding carboxylic acids is 1. The van der Waals surface area contributed by atoms with E-state index in [0.29, 0.717) is 23.4 Å². The standard InChI is InChI=1S/C24H30N4O5/c1-14(2)7-18-10-17(9-16(4)26-18)24-27-23(28-33-24)21-6-5-20(8-15(21)3)32-13-19(30)11-25-22(31)12-29/h5-6,8-10,14,19,29-30H,7,11-13H2,1-4H3,(H,25,31)/t19-/m1/s1. The molecule has 3 N–H and O–H groups in total. The Bertz CT molecular complexity index is 1100. The molecule has 0 aliphatic heterocycles. The van der Waals surface area contributed by atoms with Crippen molar-refractivity contribution in [2.45, 2.75) is 40.2 Å². The predicted molar refractivity (Wildman–Crippen MR) is 123 cm³/mol. The van der Waals surface area contributed by atoms with Crippen molar-refractivity contribution in [2.24, 2.45) is 5.92 Å². The molecule has 176 valence electrons. The molecule has 0 saturated heterocycles. The lowest BCUT2D eigenvalue weighted by atomic mass is 10.1. The van der Waals surface area contributed by atoms with Crippen LogP contribution < -0.4 is 10.1 Å². The van der Waals surface area contributed by atoms with Crippen molar-refractivity contribution < 1.29 is 24.3 Å². The van der Waals surface area contributed by atoms with Crippen molar-refractivity contribution in [2.75, 3.05) is 19.8 Å². The average molecular weight is 455 g/mol. The fraction of sp³-hybridized carbons (Fsp3) is 0.417. The van der Waals surface area contributed by atoms with Crippen LogP contribution in [-0.2, 0) is 11.2 Å². The maximum atomic E-state index is 11.0. The number of aromatic nitrogens is 3. The summed E-state index contributed by atoms with van der Waals surface area (Å²) in [5.41, 5.74) is 4.43. The largest absolute Gasteiger partial charge is 0.491 e. The Balaban J connectivity index is 1.69. The van der Waals surface area contributed by atoms with Gasteiger partial charge in [0.05, 0.1) is 0 Å². The van der Waals surface area contributed by atoms with Crippen LogP contribution in [-0.4, -0.2) is 57.1 Å². The highest BCUT2D eigenvalue weighted by Crippen LogP contribution is 2.28. The van der Waals surface area contributed by atoms with Gasteiger partial charge in [0.25, 0.3) is 5.89 Å². The number of nitrogens with one attached hydrogen (secondary N) is 1. The molecule has 0 unspecified atom stereocenters. The SMILES string of the molecule is Cc1cc(-c2nc(-c3ccc(OC[C@H](O)CNC(=O)CO)cc3C)no2)cc(CC(C)C)n1. The lowest BCUT2D eigenvalue weighted by molar-refractivity contribution is -0.124. The van der Waals surface area contributed by atoms with Gasteiger partial charge in [0.1, 0.15) is 25.1 Å². The van der Waals surface area contributed by atoms with Crippen molar-refractivity contribution >= 4 is 5.91 Å². The molecule has 0 fully saturated rings. The number of aliphatic hydroxyl groups is 2. The third-order valence-corrected chi connectivity index (χ3v) is 4.86. The number of carbonyl (C=O) groups is 1. The fourth-order valence-electron chi connectivity index (χ4n) is 3.35. The van der Waals surface area contributed by atoms with Gasteiger partial charge < -0.3 is 24.8 Å². The van der Waals surface area contributed by atoms with E-state index in [2.05, 4.69) is 34.3 Å². The first kappa shape index (κ1) is 24.3. The fourth-order valence-corrected chi connectivity index (χ4v) is 3.35. The topological polar surface area (TPSA) is 131 Å². The second-order valence-corrected chi connectivity index (χ2v) is 8.41. The molecule has 1 amide bonds. The molecule has 9 nitrogen and oxygen atoms in total. The van der Waals surface area contributed by atoms with E-state index in [1.165, 1.54) is 0 Å². The molecule has 1 atom stereocenters. The minimum atomic E-state index is -0.898. The van der Waals surface area contributed by atoms with Crippen molar-refractivity contribution in [3.05, 3.63) is 47.3 Å². The highest BCUT2D eigenvalue weighted by Gasteiger charge is 2.15. The zero-order valence-corrected chi connectivity index (χ0v) is 19.3. The summed E-state index contributed by atoms with van der Waals surface area (Å²) in [6.07, 6.45) is -0.0247. The Labute approximate surface area is 192 Å². The van der Waals surface area contributed by atoms with Crippen LogP contribution in [0.3, 0.4) is 0 Å². The van der Waals surface area contributed by atoms with Gasteiger partial charge in [-0.1, -0.05) is 19.0 Å². The summed E-state index contributed by atoms with van der Waals surface area (Å²) >= 11 is 0. The van der Waals surface area contributed by atoms with E-state index >= 15 is 0 Å². The van der Waals surface area contributed by atoms with Crippen molar-refractivity contribution in [3.63, 3.8) is 0 Å². The Morgan fingerprint density at radius 3 is 2.67 bits per heavy atom. The zero-order valence-electron chi connectivity index (χ0n) is 19.3. The quantitative estimate of drug-likeness (QED) is 0.426. The van der Waals surface area contributed by atoms with Crippen LogP contribution in [0.4, 0.5) is 0 Å². The van der Waals surface area contributed by atoms with Crippen LogP contribution in [0.2, 0.25) is 0 Å². The van der Waals surface area contributed by atoms with Gasteiger partial charge in [0.15, 0.2) is 0 Å². The number of rotatable bonds is 10. The van der Waals surface area contributed by atoms with Gasteiger partial charge >= 0.3 is 0 Å². The molecule has 1 aromatic carbocycles. The van der Waals surface area contributed by atoms with Crippen molar-refractivity contribution in [1.29, 1.82) is 0 Å². The number of aliphatic hydroxyl groups excluding tert-OH is 2. The molecule has 9 heteroatoms. The van der Waals surface area contributed by atoms with Gasteiger partial charge in [-0.25, -0.2) is 0 Å². The number of amides is 1. The lowest BCUT2D eigenvalue weighted by Crippen LogP contribution is -2.36. The van der Waals surface area contributed by atoms with Gasteiger partial charge in [-0.15, -0.1) is 0 Å². The van der Waals surface area contributed by atoms with E-state index in [9.17, 15) is 9.90 Å². The summed E-state index contributed by atoms with van der Waals surface area (Å²) in [4.78, 5) is 20.2. The van der Waals surface area contributed by atoms with Crippen LogP contribution in [0.15, 0.2) is 34.9 Å². The minimum Gasteiger partial charge on any atom is -0.491 e. The van der Waals surface area contributed by atoms with E-state index in [1.54, 1.807) is 6.07 Å². The molecule has 33 heavy (non-hydrogen) atoms. The van der Waals surface area contributed by atoms with Crippen LogP contribution in [0, 0.1) is 19.8 Å². The second kappa shape index (κ2) is 11.0. The van der Waals surface area contributed by atoms with Gasteiger partial charge in [0, 0.05) is 29.1 Å². The number of aryl methyl sites for hydroxylation is 2. The van der Waals surface area contributed by atoms with E-state index in [-0.39, 0.29) is 13.2 Å². The third-order valence-electron chi connectivity index (χ3n) is 4.86. The van der Waals surface area contributed by atoms with Crippen molar-refractivity contribution in [3.8, 4) is 28.6 Å². The maximum absolute atomic E-state index is 11.0. The number of pyridine rings is 1. The summed E-state index contributed by atoms with van der Waals surface area (Å²) in [7, 11) is 0. The minimum absolute atomic E-state index is 0.00302. The first-order valence-corrected chi connectivity index (χ1v) is 10.9. The molecular formula is C24H30N4O5. The van der Waals surface area contributed by atoms with Gasteiger partial charge in [-0.2, -0.15) is 4.98 Å². The van der Waals surface area contributed by atoms with E-state index in [4.69, 9.17) is 14.4 Å². The monoisotopic (exact) mass is 454 g/mol. The molecule has 2 aromatic heterocycles. The molecule has 0 spiro atoms. The maximum Gasteiger partial charge on any atom is 0.258 e. The Morgan fingerprint density at radius 2 is 1.97 bits per heavy atom. The van der Waals surface area contributed by atoms with E-state index in [0.717, 1.165) is 34.5 Å². The Hall–Kier alpha value is -3.30. The van der Waals surface area contributed by atoms with E-state index < -0.39 is 18.6 Å². The van der Waals surface area contributed by atoms with Crippen LogP contribution >= 0.6 is 0 Å². The molecular weight excluding hydrogens is 424 g/mol. The smallest absolute Gasteiger partial charge is 0.258 e. The summed E-state index contributed by atoms with van der Waals surface area (Å²) in [6.45, 7) is 7.54.